The highest BCUT2D eigenvalue weighted by molar-refractivity contribution is 9.10. The number of amides is 1. The number of nitrogens with zero attached hydrogens (tertiary/aromatic N) is 3. The number of anilines is 1. The molecule has 2 heterocycles. The van der Waals surface area contributed by atoms with Crippen LogP contribution in [0.25, 0.3) is 11.3 Å². The summed E-state index contributed by atoms with van der Waals surface area (Å²) >= 11 is 3.49. The molecule has 0 N–H and O–H groups in total. The monoisotopic (exact) mass is 497 g/mol. The lowest BCUT2D eigenvalue weighted by atomic mass is 10.0. The second kappa shape index (κ2) is 10.3. The molecule has 0 unspecified atom stereocenters. The lowest BCUT2D eigenvalue weighted by molar-refractivity contribution is 0.0671. The summed E-state index contributed by atoms with van der Waals surface area (Å²) in [6.45, 7) is 7.36. The van der Waals surface area contributed by atoms with E-state index < -0.39 is 0 Å². The van der Waals surface area contributed by atoms with Gasteiger partial charge < -0.3 is 19.1 Å². The van der Waals surface area contributed by atoms with Crippen LogP contribution in [-0.2, 0) is 11.3 Å². The maximum Gasteiger partial charge on any atom is 0.254 e. The van der Waals surface area contributed by atoms with Crippen LogP contribution in [0.15, 0.2) is 63.6 Å². The lowest BCUT2D eigenvalue weighted by Gasteiger charge is -2.31. The quantitative estimate of drug-likeness (QED) is 0.438. The Morgan fingerprint density at radius 3 is 2.59 bits per heavy atom. The van der Waals surface area contributed by atoms with Gasteiger partial charge in [0.15, 0.2) is 0 Å². The number of carbonyl (C=O) groups is 1. The Hall–Kier alpha value is -2.64. The first kappa shape index (κ1) is 22.6. The Labute approximate surface area is 197 Å². The molecule has 0 aliphatic carbocycles. The number of hydrogen-bond donors (Lipinski definition) is 0. The number of halogens is 1. The fourth-order valence-corrected chi connectivity index (χ4v) is 4.29. The summed E-state index contributed by atoms with van der Waals surface area (Å²) in [4.78, 5) is 17.7. The SMILES string of the molecule is CC[C@H](C)N(Cc1c(-c2ccccc2)noc1N1CCOCC1)C(=O)c1cccc(Br)c1. The topological polar surface area (TPSA) is 58.8 Å². The van der Waals surface area contributed by atoms with Crippen molar-refractivity contribution in [1.82, 2.24) is 10.1 Å². The Bertz CT molecular complexity index is 1050. The number of aromatic nitrogens is 1. The van der Waals surface area contributed by atoms with Crippen LogP contribution in [0.5, 0.6) is 0 Å². The second-order valence-electron chi connectivity index (χ2n) is 7.98. The molecule has 1 aliphatic rings. The van der Waals surface area contributed by atoms with Crippen molar-refractivity contribution in [2.75, 3.05) is 31.2 Å². The summed E-state index contributed by atoms with van der Waals surface area (Å²) in [5.74, 6) is 0.719. The van der Waals surface area contributed by atoms with Gasteiger partial charge in [0.05, 0.1) is 25.3 Å². The van der Waals surface area contributed by atoms with Gasteiger partial charge in [-0.05, 0) is 31.5 Å². The minimum absolute atomic E-state index is 0.00575. The van der Waals surface area contributed by atoms with Crippen molar-refractivity contribution >= 4 is 27.7 Å². The maximum atomic E-state index is 13.6. The maximum absolute atomic E-state index is 13.6. The molecule has 1 aliphatic heterocycles. The zero-order valence-corrected chi connectivity index (χ0v) is 20.0. The molecule has 0 bridgehead atoms. The van der Waals surface area contributed by atoms with Gasteiger partial charge in [0.1, 0.15) is 5.69 Å². The third-order valence-electron chi connectivity index (χ3n) is 5.90. The van der Waals surface area contributed by atoms with Gasteiger partial charge in [0.2, 0.25) is 5.88 Å². The van der Waals surface area contributed by atoms with Crippen LogP contribution in [0.1, 0.15) is 36.2 Å². The highest BCUT2D eigenvalue weighted by Crippen LogP contribution is 2.34. The molecule has 1 fully saturated rings. The molecule has 0 spiro atoms. The number of hydrogen-bond acceptors (Lipinski definition) is 5. The Morgan fingerprint density at radius 2 is 1.91 bits per heavy atom. The third kappa shape index (κ3) is 4.89. The first-order valence-corrected chi connectivity index (χ1v) is 11.8. The van der Waals surface area contributed by atoms with Gasteiger partial charge in [-0.3, -0.25) is 4.79 Å². The van der Waals surface area contributed by atoms with E-state index in [1.807, 2.05) is 59.5 Å². The van der Waals surface area contributed by atoms with Crippen molar-refractivity contribution in [3.8, 4) is 11.3 Å². The molecular weight excluding hydrogens is 470 g/mol. The molecule has 1 amide bonds. The van der Waals surface area contributed by atoms with Crippen molar-refractivity contribution in [2.45, 2.75) is 32.9 Å². The molecule has 1 saturated heterocycles. The first-order chi connectivity index (χ1) is 15.6. The zero-order chi connectivity index (χ0) is 22.5. The summed E-state index contributed by atoms with van der Waals surface area (Å²) in [6.07, 6.45) is 0.846. The van der Waals surface area contributed by atoms with E-state index in [1.54, 1.807) is 0 Å². The van der Waals surface area contributed by atoms with E-state index in [2.05, 4.69) is 39.8 Å². The fraction of sp³-hybridized carbons (Fsp3) is 0.360. The number of rotatable bonds is 7. The predicted octanol–water partition coefficient (Wildman–Crippen LogP) is 5.38. The summed E-state index contributed by atoms with van der Waals surface area (Å²) in [5.41, 5.74) is 3.35. The average molecular weight is 498 g/mol. The summed E-state index contributed by atoms with van der Waals surface area (Å²) in [5, 5.41) is 4.44. The summed E-state index contributed by atoms with van der Waals surface area (Å²) in [6, 6.07) is 17.6. The average Bonchev–Trinajstić information content (AvgIpc) is 3.26. The second-order valence-corrected chi connectivity index (χ2v) is 8.90. The molecule has 0 radical (unpaired) electrons. The van der Waals surface area contributed by atoms with Crippen LogP contribution in [0.2, 0.25) is 0 Å². The van der Waals surface area contributed by atoms with E-state index in [-0.39, 0.29) is 11.9 Å². The van der Waals surface area contributed by atoms with Crippen molar-refractivity contribution in [3.63, 3.8) is 0 Å². The van der Waals surface area contributed by atoms with E-state index in [9.17, 15) is 4.79 Å². The third-order valence-corrected chi connectivity index (χ3v) is 6.39. The minimum Gasteiger partial charge on any atom is -0.378 e. The Morgan fingerprint density at radius 1 is 1.16 bits per heavy atom. The number of benzene rings is 2. The van der Waals surface area contributed by atoms with E-state index in [1.165, 1.54) is 0 Å². The van der Waals surface area contributed by atoms with Gasteiger partial charge in [0.25, 0.3) is 5.91 Å². The van der Waals surface area contributed by atoms with Crippen LogP contribution in [0.4, 0.5) is 5.88 Å². The van der Waals surface area contributed by atoms with Gasteiger partial charge in [-0.1, -0.05) is 64.4 Å². The Kier molecular flexibility index (Phi) is 7.27. The molecule has 3 aromatic rings. The highest BCUT2D eigenvalue weighted by atomic mass is 79.9. The van der Waals surface area contributed by atoms with Crippen molar-refractivity contribution < 1.29 is 14.1 Å². The molecule has 1 aromatic heterocycles. The first-order valence-electron chi connectivity index (χ1n) is 11.0. The highest BCUT2D eigenvalue weighted by Gasteiger charge is 2.29. The molecule has 2 aromatic carbocycles. The van der Waals surface area contributed by atoms with E-state index in [0.717, 1.165) is 46.7 Å². The van der Waals surface area contributed by atoms with Gasteiger partial charge in [0, 0.05) is 34.7 Å². The van der Waals surface area contributed by atoms with Crippen LogP contribution in [0.3, 0.4) is 0 Å². The van der Waals surface area contributed by atoms with Crippen LogP contribution in [0, 0.1) is 0 Å². The number of ether oxygens (including phenoxy) is 1. The van der Waals surface area contributed by atoms with E-state index in [4.69, 9.17) is 9.26 Å². The number of carbonyl (C=O) groups excluding carboxylic acids is 1. The van der Waals surface area contributed by atoms with Gasteiger partial charge >= 0.3 is 0 Å². The number of morpholine rings is 1. The minimum atomic E-state index is -0.00575. The molecule has 7 heteroatoms. The van der Waals surface area contributed by atoms with E-state index in [0.29, 0.717) is 25.3 Å². The molecule has 4 rings (SSSR count). The summed E-state index contributed by atoms with van der Waals surface area (Å²) < 4.78 is 12.3. The summed E-state index contributed by atoms with van der Waals surface area (Å²) in [7, 11) is 0. The standard InChI is InChI=1S/C25H28BrN3O3/c1-3-18(2)29(24(30)20-10-7-11-21(26)16-20)17-22-23(19-8-5-4-6-9-19)27-32-25(22)28-12-14-31-15-13-28/h4-11,16,18H,3,12-15,17H2,1-2H3/t18-/m0/s1. The normalized spacial score (nSPS) is 14.9. The van der Waals surface area contributed by atoms with Crippen LogP contribution < -0.4 is 4.90 Å². The molecule has 0 saturated carbocycles. The van der Waals surface area contributed by atoms with Crippen LogP contribution >= 0.6 is 15.9 Å². The molecule has 32 heavy (non-hydrogen) atoms. The molecular formula is C25H28BrN3O3. The van der Waals surface area contributed by atoms with Crippen molar-refractivity contribution in [1.29, 1.82) is 0 Å². The molecule has 6 nitrogen and oxygen atoms in total. The smallest absolute Gasteiger partial charge is 0.254 e. The molecule has 1 atom stereocenters. The van der Waals surface area contributed by atoms with Crippen molar-refractivity contribution in [3.05, 3.63) is 70.2 Å². The van der Waals surface area contributed by atoms with Gasteiger partial charge in [-0.2, -0.15) is 0 Å². The molecule has 168 valence electrons. The van der Waals surface area contributed by atoms with Gasteiger partial charge in [-0.15, -0.1) is 0 Å². The van der Waals surface area contributed by atoms with Crippen LogP contribution in [-0.4, -0.2) is 48.3 Å². The van der Waals surface area contributed by atoms with E-state index >= 15 is 0 Å². The van der Waals surface area contributed by atoms with Gasteiger partial charge in [-0.25, -0.2) is 0 Å². The predicted molar refractivity (Wildman–Crippen MR) is 129 cm³/mol. The lowest BCUT2D eigenvalue weighted by Crippen LogP contribution is -2.39. The Balaban J connectivity index is 1.75. The zero-order valence-electron chi connectivity index (χ0n) is 18.5. The van der Waals surface area contributed by atoms with Crippen molar-refractivity contribution in [2.24, 2.45) is 0 Å². The fourth-order valence-electron chi connectivity index (χ4n) is 3.89. The largest absolute Gasteiger partial charge is 0.378 e.